The predicted octanol–water partition coefficient (Wildman–Crippen LogP) is 6.95. The second-order valence-corrected chi connectivity index (χ2v) is 9.28. The van der Waals surface area contributed by atoms with Gasteiger partial charge < -0.3 is 10.2 Å². The highest BCUT2D eigenvalue weighted by Crippen LogP contribution is 2.34. The molecular formula is C27H31F4N3. The van der Waals surface area contributed by atoms with E-state index in [2.05, 4.69) is 36.2 Å². The number of hydrogen-bond donors (Lipinski definition) is 1. The number of aryl methyl sites for hydroxylation is 1. The van der Waals surface area contributed by atoms with E-state index in [0.29, 0.717) is 18.0 Å². The molecule has 1 aromatic heterocycles. The first-order valence-corrected chi connectivity index (χ1v) is 11.9. The third-order valence-corrected chi connectivity index (χ3v) is 6.25. The molecule has 1 N–H and O–H groups in total. The summed E-state index contributed by atoms with van der Waals surface area (Å²) in [6.07, 6.45) is -1.01. The molecule has 4 rings (SSSR count). The number of alkyl halides is 4. The Kier molecular flexibility index (Phi) is 7.41. The van der Waals surface area contributed by atoms with E-state index in [9.17, 15) is 17.6 Å². The molecule has 1 aliphatic carbocycles. The minimum absolute atomic E-state index is 0.0358. The molecule has 7 heteroatoms. The van der Waals surface area contributed by atoms with E-state index < -0.39 is 18.4 Å². The molecule has 1 fully saturated rings. The first kappa shape index (κ1) is 24.5. The highest BCUT2D eigenvalue weighted by molar-refractivity contribution is 5.84. The monoisotopic (exact) mass is 473 g/mol. The molecule has 3 aromatic rings. The van der Waals surface area contributed by atoms with Crippen LogP contribution >= 0.6 is 0 Å². The number of aromatic nitrogens is 1. The predicted molar refractivity (Wildman–Crippen MR) is 129 cm³/mol. The van der Waals surface area contributed by atoms with Crippen molar-refractivity contribution >= 4 is 16.7 Å². The number of fused-ring (bicyclic) bond motifs is 1. The third-order valence-electron chi connectivity index (χ3n) is 6.25. The van der Waals surface area contributed by atoms with Crippen molar-refractivity contribution in [1.82, 2.24) is 10.3 Å². The van der Waals surface area contributed by atoms with Crippen molar-refractivity contribution in [2.45, 2.75) is 59.1 Å². The van der Waals surface area contributed by atoms with Crippen molar-refractivity contribution < 1.29 is 17.6 Å². The molecule has 0 aliphatic heterocycles. The molecule has 0 amide bonds. The largest absolute Gasteiger partial charge is 0.416 e. The van der Waals surface area contributed by atoms with Crippen molar-refractivity contribution in [1.29, 1.82) is 0 Å². The van der Waals surface area contributed by atoms with Gasteiger partial charge in [0.25, 0.3) is 0 Å². The van der Waals surface area contributed by atoms with E-state index in [0.717, 1.165) is 59.5 Å². The van der Waals surface area contributed by atoms with Crippen LogP contribution in [0.4, 0.5) is 23.4 Å². The number of nitrogens with one attached hydrogen (secondary N) is 1. The van der Waals surface area contributed by atoms with Gasteiger partial charge in [-0.2, -0.15) is 13.2 Å². The summed E-state index contributed by atoms with van der Waals surface area (Å²) in [4.78, 5) is 7.41. The number of halogens is 4. The molecule has 182 valence electrons. The van der Waals surface area contributed by atoms with Crippen LogP contribution in [0.3, 0.4) is 0 Å². The Labute approximate surface area is 198 Å². The van der Waals surface area contributed by atoms with Gasteiger partial charge in [-0.05, 0) is 67.0 Å². The van der Waals surface area contributed by atoms with Crippen LogP contribution in [-0.2, 0) is 25.9 Å². The van der Waals surface area contributed by atoms with Crippen LogP contribution in [0.2, 0.25) is 0 Å². The van der Waals surface area contributed by atoms with Crippen molar-refractivity contribution in [3.8, 4) is 0 Å². The lowest BCUT2D eigenvalue weighted by Crippen LogP contribution is -2.29. The molecule has 1 saturated carbocycles. The van der Waals surface area contributed by atoms with Gasteiger partial charge in [0.1, 0.15) is 12.5 Å². The summed E-state index contributed by atoms with van der Waals surface area (Å²) >= 11 is 0. The van der Waals surface area contributed by atoms with E-state index in [-0.39, 0.29) is 12.1 Å². The van der Waals surface area contributed by atoms with E-state index in [4.69, 9.17) is 4.98 Å². The zero-order valence-electron chi connectivity index (χ0n) is 19.7. The smallest absolute Gasteiger partial charge is 0.356 e. The van der Waals surface area contributed by atoms with Crippen LogP contribution in [0.15, 0.2) is 42.5 Å². The summed E-state index contributed by atoms with van der Waals surface area (Å²) < 4.78 is 52.8. The van der Waals surface area contributed by atoms with Crippen LogP contribution in [0.5, 0.6) is 0 Å². The van der Waals surface area contributed by atoms with Crippen molar-refractivity contribution in [2.24, 2.45) is 5.92 Å². The number of nitrogens with zero attached hydrogens (tertiary/aromatic N) is 2. The lowest BCUT2D eigenvalue weighted by Gasteiger charge is -2.26. The summed E-state index contributed by atoms with van der Waals surface area (Å²) in [5.74, 6) is 1.64. The second-order valence-electron chi connectivity index (χ2n) is 9.28. The van der Waals surface area contributed by atoms with Gasteiger partial charge in [-0.1, -0.05) is 31.2 Å². The van der Waals surface area contributed by atoms with Crippen LogP contribution in [-0.4, -0.2) is 18.1 Å². The molecule has 1 aliphatic rings. The zero-order valence-corrected chi connectivity index (χ0v) is 19.7. The van der Waals surface area contributed by atoms with Crippen LogP contribution in [0, 0.1) is 12.8 Å². The Morgan fingerprint density at radius 3 is 2.50 bits per heavy atom. The Hall–Kier alpha value is -2.67. The topological polar surface area (TPSA) is 28.2 Å². The summed E-state index contributed by atoms with van der Waals surface area (Å²) in [6, 6.07) is 11.7. The Bertz CT molecular complexity index is 1140. The van der Waals surface area contributed by atoms with Gasteiger partial charge in [0, 0.05) is 37.1 Å². The normalized spacial score (nSPS) is 14.1. The van der Waals surface area contributed by atoms with Crippen LogP contribution < -0.4 is 10.2 Å². The van der Waals surface area contributed by atoms with E-state index >= 15 is 0 Å². The highest BCUT2D eigenvalue weighted by Gasteiger charge is 2.31. The van der Waals surface area contributed by atoms with Crippen molar-refractivity contribution in [3.63, 3.8) is 0 Å². The maximum atomic E-state index is 13.2. The minimum atomic E-state index is -4.50. The Morgan fingerprint density at radius 1 is 1.06 bits per heavy atom. The van der Waals surface area contributed by atoms with Gasteiger partial charge in [0.2, 0.25) is 0 Å². The lowest BCUT2D eigenvalue weighted by molar-refractivity contribution is -0.137. The summed E-state index contributed by atoms with van der Waals surface area (Å²) in [6.45, 7) is 5.82. The third kappa shape index (κ3) is 5.87. The van der Waals surface area contributed by atoms with Crippen molar-refractivity contribution in [3.05, 3.63) is 70.3 Å². The fraction of sp³-hybridized carbons (Fsp3) is 0.444. The average Bonchev–Trinajstić information content (AvgIpc) is 3.62. The highest BCUT2D eigenvalue weighted by atomic mass is 19.4. The van der Waals surface area contributed by atoms with Gasteiger partial charge in [-0.3, -0.25) is 0 Å². The Balaban J connectivity index is 1.61. The lowest BCUT2D eigenvalue weighted by atomic mass is 10.1. The number of para-hydroxylation sites is 1. The molecule has 0 bridgehead atoms. The summed E-state index contributed by atoms with van der Waals surface area (Å²) in [7, 11) is 0. The maximum Gasteiger partial charge on any atom is 0.416 e. The van der Waals surface area contributed by atoms with E-state index in [1.165, 1.54) is 18.9 Å². The number of hydrogen-bond acceptors (Lipinski definition) is 3. The number of rotatable bonds is 10. The maximum absolute atomic E-state index is 13.2. The fourth-order valence-corrected chi connectivity index (χ4v) is 4.40. The molecular weight excluding hydrogens is 442 g/mol. The molecule has 3 nitrogen and oxygen atoms in total. The first-order valence-electron chi connectivity index (χ1n) is 11.9. The Morgan fingerprint density at radius 2 is 1.82 bits per heavy atom. The van der Waals surface area contributed by atoms with Gasteiger partial charge >= 0.3 is 6.18 Å². The molecule has 0 atom stereocenters. The summed E-state index contributed by atoms with van der Waals surface area (Å²) in [5.41, 5.74) is 2.74. The average molecular weight is 474 g/mol. The number of anilines is 1. The van der Waals surface area contributed by atoms with Gasteiger partial charge in [0.05, 0.1) is 11.1 Å². The minimum Gasteiger partial charge on any atom is -0.356 e. The molecule has 0 radical (unpaired) electrons. The fourth-order valence-electron chi connectivity index (χ4n) is 4.40. The zero-order chi connectivity index (χ0) is 24.3. The molecule has 0 spiro atoms. The van der Waals surface area contributed by atoms with Crippen LogP contribution in [0.1, 0.15) is 54.0 Å². The van der Waals surface area contributed by atoms with Gasteiger partial charge in [0.15, 0.2) is 0 Å². The van der Waals surface area contributed by atoms with Gasteiger partial charge in [-0.25, -0.2) is 9.37 Å². The quantitative estimate of drug-likeness (QED) is 0.323. The molecule has 0 unspecified atom stereocenters. The van der Waals surface area contributed by atoms with Gasteiger partial charge in [-0.15, -0.1) is 0 Å². The van der Waals surface area contributed by atoms with Crippen LogP contribution in [0.25, 0.3) is 10.9 Å². The standard InChI is InChI=1S/C27H31F4N3/c1-3-9-34(17-19-7-8-19)26-23(13-22-6-4-5-18(2)25(22)33-26)16-32-15-21-10-20(14-28)11-24(12-21)27(29,30)31/h4-6,10-13,19,32H,3,7-9,14-17H2,1-2H3. The number of benzene rings is 2. The number of pyridine rings is 1. The molecule has 34 heavy (non-hydrogen) atoms. The first-order chi connectivity index (χ1) is 16.3. The molecule has 0 saturated heterocycles. The van der Waals surface area contributed by atoms with Crippen molar-refractivity contribution in [2.75, 3.05) is 18.0 Å². The van der Waals surface area contributed by atoms with E-state index in [1.54, 1.807) is 0 Å². The molecule has 2 aromatic carbocycles. The SMILES string of the molecule is CCCN(CC1CC1)c1nc2c(C)cccc2cc1CNCc1cc(CF)cc(C(F)(F)F)c1. The second kappa shape index (κ2) is 10.3. The summed E-state index contributed by atoms with van der Waals surface area (Å²) in [5, 5.41) is 4.32. The van der Waals surface area contributed by atoms with E-state index in [1.807, 2.05) is 12.1 Å². The molecule has 1 heterocycles.